The first-order valence-corrected chi connectivity index (χ1v) is 11.2. The molecule has 1 saturated carbocycles. The Bertz CT molecular complexity index is 618. The number of amides is 1. The fraction of sp³-hybridized carbons (Fsp3) is 0.619. The molecule has 1 fully saturated rings. The van der Waals surface area contributed by atoms with Crippen LogP contribution in [0.4, 0.5) is 0 Å². The summed E-state index contributed by atoms with van der Waals surface area (Å²) >= 11 is 2.08. The number of guanidine groups is 1. The van der Waals surface area contributed by atoms with Crippen LogP contribution in [0.1, 0.15) is 55.5 Å². The van der Waals surface area contributed by atoms with Crippen molar-refractivity contribution in [2.24, 2.45) is 4.99 Å². The summed E-state index contributed by atoms with van der Waals surface area (Å²) in [5.41, 5.74) is 1.83. The van der Waals surface area contributed by atoms with Gasteiger partial charge in [0.15, 0.2) is 5.96 Å². The normalized spacial score (nSPS) is 20.2. The van der Waals surface area contributed by atoms with Gasteiger partial charge in [0.2, 0.25) is 0 Å². The van der Waals surface area contributed by atoms with Crippen molar-refractivity contribution in [1.29, 1.82) is 0 Å². The van der Waals surface area contributed by atoms with Gasteiger partial charge in [0.05, 0.1) is 0 Å². The molecule has 1 aliphatic carbocycles. The third-order valence-electron chi connectivity index (χ3n) is 4.80. The Hall–Kier alpha value is -1.69. The van der Waals surface area contributed by atoms with Gasteiger partial charge in [-0.15, -0.1) is 0 Å². The smallest absolute Gasteiger partial charge is 0.251 e. The average molecular weight is 391 g/mol. The van der Waals surface area contributed by atoms with Gasteiger partial charge in [-0.25, -0.2) is 0 Å². The molecule has 0 aliphatic heterocycles. The lowest BCUT2D eigenvalue weighted by Gasteiger charge is -2.30. The van der Waals surface area contributed by atoms with Crippen LogP contribution < -0.4 is 16.0 Å². The molecule has 5 nitrogen and oxygen atoms in total. The Morgan fingerprint density at radius 2 is 2.15 bits per heavy atom. The first kappa shape index (κ1) is 21.6. The molecule has 1 aromatic rings. The molecule has 1 aromatic carbocycles. The number of carbonyl (C=O) groups is 1. The van der Waals surface area contributed by atoms with E-state index in [-0.39, 0.29) is 5.91 Å². The minimum absolute atomic E-state index is 0.0489. The second-order valence-corrected chi connectivity index (χ2v) is 8.45. The maximum absolute atomic E-state index is 11.8. The van der Waals surface area contributed by atoms with Gasteiger partial charge >= 0.3 is 0 Å². The summed E-state index contributed by atoms with van der Waals surface area (Å²) in [6, 6.07) is 8.28. The predicted octanol–water partition coefficient (Wildman–Crippen LogP) is 3.21. The predicted molar refractivity (Wildman–Crippen MR) is 117 cm³/mol. The minimum Gasteiger partial charge on any atom is -0.357 e. The number of hydrogen-bond acceptors (Lipinski definition) is 3. The molecule has 3 N–H and O–H groups in total. The molecule has 1 aliphatic rings. The molecule has 0 heterocycles. The summed E-state index contributed by atoms with van der Waals surface area (Å²) in [6.45, 7) is 5.90. The van der Waals surface area contributed by atoms with Gasteiger partial charge in [-0.2, -0.15) is 11.8 Å². The topological polar surface area (TPSA) is 65.5 Å². The minimum atomic E-state index is -0.0489. The van der Waals surface area contributed by atoms with Crippen LogP contribution >= 0.6 is 11.8 Å². The van der Waals surface area contributed by atoms with Crippen LogP contribution in [0, 0.1) is 0 Å². The van der Waals surface area contributed by atoms with Crippen molar-refractivity contribution in [3.05, 3.63) is 35.4 Å². The monoisotopic (exact) mass is 390 g/mol. The zero-order chi connectivity index (χ0) is 19.5. The third kappa shape index (κ3) is 7.45. The van der Waals surface area contributed by atoms with Crippen LogP contribution in [0.25, 0.3) is 0 Å². The number of aliphatic imine (C=N–C) groups is 1. The first-order chi connectivity index (χ1) is 13.2. The highest BCUT2D eigenvalue weighted by Gasteiger charge is 2.22. The van der Waals surface area contributed by atoms with Crippen molar-refractivity contribution in [3.8, 4) is 0 Å². The zero-order valence-corrected chi connectivity index (χ0v) is 17.7. The van der Waals surface area contributed by atoms with E-state index in [1.807, 2.05) is 18.2 Å². The molecule has 2 rings (SSSR count). The van der Waals surface area contributed by atoms with Crippen molar-refractivity contribution >= 4 is 23.6 Å². The van der Waals surface area contributed by atoms with E-state index in [1.54, 1.807) is 7.05 Å². The number of benzene rings is 1. The zero-order valence-electron chi connectivity index (χ0n) is 16.9. The van der Waals surface area contributed by atoms with Crippen LogP contribution in [-0.4, -0.2) is 49.0 Å². The maximum Gasteiger partial charge on any atom is 0.251 e. The first-order valence-electron chi connectivity index (χ1n) is 10.1. The Morgan fingerprint density at radius 3 is 2.89 bits per heavy atom. The number of thioether (sulfide) groups is 1. The van der Waals surface area contributed by atoms with Gasteiger partial charge in [-0.1, -0.05) is 25.5 Å². The Labute approximate surface area is 168 Å². The van der Waals surface area contributed by atoms with Crippen LogP contribution in [0.2, 0.25) is 0 Å². The Balaban J connectivity index is 1.90. The standard InChI is InChI=1S/C21H34N4OS/c1-4-23-21(25-18-10-7-11-19(15-18)27-5-2)24-13-12-16-8-6-9-17(14-16)20(26)22-3/h6,8-9,14,18-19H,4-5,7,10-13,15H2,1-3H3,(H,22,26)(H2,23,24,25). The SMILES string of the molecule is CCNC(=NCCc1cccc(C(=O)NC)c1)NC1CCCC(SCC)C1. The number of nitrogens with zero attached hydrogens (tertiary/aromatic N) is 1. The fourth-order valence-corrected chi connectivity index (χ4v) is 4.66. The number of hydrogen-bond donors (Lipinski definition) is 3. The molecular formula is C21H34N4OS. The number of carbonyl (C=O) groups excluding carboxylic acids is 1. The Morgan fingerprint density at radius 1 is 1.30 bits per heavy atom. The summed E-state index contributed by atoms with van der Waals surface area (Å²) < 4.78 is 0. The molecule has 2 unspecified atom stereocenters. The van der Waals surface area contributed by atoms with Crippen LogP contribution in [0.3, 0.4) is 0 Å². The quantitative estimate of drug-likeness (QED) is 0.471. The van der Waals surface area contributed by atoms with E-state index in [0.717, 1.165) is 29.7 Å². The van der Waals surface area contributed by atoms with Gasteiger partial charge < -0.3 is 16.0 Å². The summed E-state index contributed by atoms with van der Waals surface area (Å²) in [7, 11) is 1.66. The highest BCUT2D eigenvalue weighted by Crippen LogP contribution is 2.28. The highest BCUT2D eigenvalue weighted by atomic mass is 32.2. The van der Waals surface area contributed by atoms with E-state index in [9.17, 15) is 4.79 Å². The molecule has 0 spiro atoms. The molecule has 27 heavy (non-hydrogen) atoms. The van der Waals surface area contributed by atoms with E-state index in [4.69, 9.17) is 4.99 Å². The van der Waals surface area contributed by atoms with Gasteiger partial charge in [0.25, 0.3) is 5.91 Å². The largest absolute Gasteiger partial charge is 0.357 e. The van der Waals surface area contributed by atoms with Crippen molar-refractivity contribution in [2.45, 2.75) is 57.2 Å². The van der Waals surface area contributed by atoms with E-state index >= 15 is 0 Å². The Kier molecular flexibility index (Phi) is 9.53. The van der Waals surface area contributed by atoms with Crippen molar-refractivity contribution < 1.29 is 4.79 Å². The summed E-state index contributed by atoms with van der Waals surface area (Å²) in [6.07, 6.45) is 5.89. The van der Waals surface area contributed by atoms with Gasteiger partial charge in [-0.3, -0.25) is 9.79 Å². The molecule has 0 aromatic heterocycles. The fourth-order valence-electron chi connectivity index (χ4n) is 3.49. The van der Waals surface area contributed by atoms with E-state index < -0.39 is 0 Å². The lowest BCUT2D eigenvalue weighted by Crippen LogP contribution is -2.45. The third-order valence-corrected chi connectivity index (χ3v) is 6.03. The second-order valence-electron chi connectivity index (χ2n) is 6.88. The molecular weight excluding hydrogens is 356 g/mol. The summed E-state index contributed by atoms with van der Waals surface area (Å²) in [5.74, 6) is 2.06. The highest BCUT2D eigenvalue weighted by molar-refractivity contribution is 7.99. The molecule has 0 saturated heterocycles. The molecule has 1 amide bonds. The van der Waals surface area contributed by atoms with E-state index in [0.29, 0.717) is 18.2 Å². The molecule has 6 heteroatoms. The van der Waals surface area contributed by atoms with Gasteiger partial charge in [0.1, 0.15) is 0 Å². The molecule has 0 radical (unpaired) electrons. The van der Waals surface area contributed by atoms with Crippen molar-refractivity contribution in [1.82, 2.24) is 16.0 Å². The van der Waals surface area contributed by atoms with Crippen LogP contribution in [0.5, 0.6) is 0 Å². The van der Waals surface area contributed by atoms with Crippen LogP contribution in [0.15, 0.2) is 29.3 Å². The molecule has 0 bridgehead atoms. The average Bonchev–Trinajstić information content (AvgIpc) is 2.68. The van der Waals surface area contributed by atoms with Crippen LogP contribution in [-0.2, 0) is 6.42 Å². The lowest BCUT2D eigenvalue weighted by molar-refractivity contribution is 0.0963. The summed E-state index contributed by atoms with van der Waals surface area (Å²) in [4.78, 5) is 16.5. The van der Waals surface area contributed by atoms with Gasteiger partial charge in [0, 0.05) is 37.0 Å². The number of rotatable bonds is 8. The molecule has 150 valence electrons. The maximum atomic E-state index is 11.8. The lowest BCUT2D eigenvalue weighted by atomic mass is 9.95. The van der Waals surface area contributed by atoms with Gasteiger partial charge in [-0.05, 0) is 56.1 Å². The second kappa shape index (κ2) is 11.9. The molecule has 2 atom stereocenters. The van der Waals surface area contributed by atoms with Crippen molar-refractivity contribution in [3.63, 3.8) is 0 Å². The van der Waals surface area contributed by atoms with E-state index in [2.05, 4.69) is 47.6 Å². The number of nitrogens with one attached hydrogen (secondary N) is 3. The van der Waals surface area contributed by atoms with E-state index in [1.165, 1.54) is 31.4 Å². The van der Waals surface area contributed by atoms with Crippen molar-refractivity contribution in [2.75, 3.05) is 25.9 Å². The summed E-state index contributed by atoms with van der Waals surface area (Å²) in [5, 5.41) is 10.4.